The predicted octanol–water partition coefficient (Wildman–Crippen LogP) is 4.21. The molecule has 7 heteroatoms. The summed E-state index contributed by atoms with van der Waals surface area (Å²) in [4.78, 5) is 24.1. The standard InChI is InChI=1S/C22H21ClN2O4/c1-15-7-8-16(13-19(15)23)9-12-21(26)24-25-22(27)20-11-10-18(29-20)14-28-17-5-3-2-4-6-17/h2-8,10-11,13H,9,12,14H2,1H3,(H,24,26)(H,25,27). The van der Waals surface area contributed by atoms with E-state index in [0.29, 0.717) is 23.0 Å². The van der Waals surface area contributed by atoms with Gasteiger partial charge in [-0.15, -0.1) is 0 Å². The molecular weight excluding hydrogens is 392 g/mol. The Hall–Kier alpha value is -3.25. The molecule has 3 aromatic rings. The average molecular weight is 413 g/mol. The summed E-state index contributed by atoms with van der Waals surface area (Å²) < 4.78 is 11.0. The minimum atomic E-state index is -0.539. The maximum atomic E-state index is 12.1. The van der Waals surface area contributed by atoms with Crippen LogP contribution in [0.1, 0.15) is 33.9 Å². The zero-order valence-electron chi connectivity index (χ0n) is 15.9. The largest absolute Gasteiger partial charge is 0.486 e. The SMILES string of the molecule is Cc1ccc(CCC(=O)NNC(=O)c2ccc(COc3ccccc3)o2)cc1Cl. The van der Waals surface area contributed by atoms with E-state index in [-0.39, 0.29) is 24.7 Å². The van der Waals surface area contributed by atoms with Gasteiger partial charge in [0.1, 0.15) is 18.1 Å². The van der Waals surface area contributed by atoms with Gasteiger partial charge < -0.3 is 9.15 Å². The fraction of sp³-hybridized carbons (Fsp3) is 0.182. The van der Waals surface area contributed by atoms with Gasteiger partial charge in [-0.05, 0) is 54.8 Å². The Morgan fingerprint density at radius 3 is 2.59 bits per heavy atom. The number of halogens is 1. The third-order valence-electron chi connectivity index (χ3n) is 4.20. The molecule has 0 aliphatic heterocycles. The van der Waals surface area contributed by atoms with E-state index >= 15 is 0 Å². The van der Waals surface area contributed by atoms with Gasteiger partial charge >= 0.3 is 5.91 Å². The molecule has 150 valence electrons. The van der Waals surface area contributed by atoms with Crippen molar-refractivity contribution >= 4 is 23.4 Å². The van der Waals surface area contributed by atoms with E-state index in [0.717, 1.165) is 11.1 Å². The highest BCUT2D eigenvalue weighted by Crippen LogP contribution is 2.17. The van der Waals surface area contributed by atoms with E-state index in [9.17, 15) is 9.59 Å². The molecule has 0 fully saturated rings. The zero-order chi connectivity index (χ0) is 20.6. The summed E-state index contributed by atoms with van der Waals surface area (Å²) in [5.74, 6) is 0.442. The van der Waals surface area contributed by atoms with Crippen LogP contribution in [-0.2, 0) is 17.8 Å². The summed E-state index contributed by atoms with van der Waals surface area (Å²) >= 11 is 6.08. The lowest BCUT2D eigenvalue weighted by Crippen LogP contribution is -2.41. The van der Waals surface area contributed by atoms with Crippen molar-refractivity contribution in [2.45, 2.75) is 26.4 Å². The first-order valence-electron chi connectivity index (χ1n) is 9.12. The van der Waals surface area contributed by atoms with E-state index in [1.165, 1.54) is 6.07 Å². The van der Waals surface area contributed by atoms with E-state index in [2.05, 4.69) is 10.9 Å². The lowest BCUT2D eigenvalue weighted by molar-refractivity contribution is -0.121. The van der Waals surface area contributed by atoms with Crippen LogP contribution in [0.25, 0.3) is 0 Å². The molecule has 0 saturated heterocycles. The highest BCUT2D eigenvalue weighted by Gasteiger charge is 2.13. The number of furan rings is 1. The van der Waals surface area contributed by atoms with E-state index in [1.54, 1.807) is 6.07 Å². The molecule has 0 aliphatic rings. The molecule has 1 aromatic heterocycles. The second kappa shape index (κ2) is 9.80. The number of para-hydroxylation sites is 1. The Kier molecular flexibility index (Phi) is 6.92. The predicted molar refractivity (Wildman–Crippen MR) is 110 cm³/mol. The van der Waals surface area contributed by atoms with Crippen LogP contribution in [0, 0.1) is 6.92 Å². The number of hydrazine groups is 1. The minimum absolute atomic E-state index is 0.0854. The monoisotopic (exact) mass is 412 g/mol. The number of hydrogen-bond donors (Lipinski definition) is 2. The molecule has 6 nitrogen and oxygen atoms in total. The Morgan fingerprint density at radius 1 is 1.03 bits per heavy atom. The van der Waals surface area contributed by atoms with Crippen LogP contribution >= 0.6 is 11.6 Å². The number of benzene rings is 2. The first-order chi connectivity index (χ1) is 14.0. The molecular formula is C22H21ClN2O4. The summed E-state index contributed by atoms with van der Waals surface area (Å²) in [6, 6.07) is 18.1. The summed E-state index contributed by atoms with van der Waals surface area (Å²) in [5.41, 5.74) is 6.67. The molecule has 1 heterocycles. The molecule has 0 atom stereocenters. The quantitative estimate of drug-likeness (QED) is 0.569. The van der Waals surface area contributed by atoms with Crippen molar-refractivity contribution < 1.29 is 18.7 Å². The Balaban J connectivity index is 1.42. The third kappa shape index (κ3) is 6.12. The minimum Gasteiger partial charge on any atom is -0.486 e. The van der Waals surface area contributed by atoms with Crippen molar-refractivity contribution in [2.24, 2.45) is 0 Å². The van der Waals surface area contributed by atoms with Crippen molar-refractivity contribution in [3.63, 3.8) is 0 Å². The number of hydrogen-bond acceptors (Lipinski definition) is 4. The Morgan fingerprint density at radius 2 is 1.83 bits per heavy atom. The molecule has 2 N–H and O–H groups in total. The number of aryl methyl sites for hydroxylation is 2. The lowest BCUT2D eigenvalue weighted by Gasteiger charge is -2.07. The summed E-state index contributed by atoms with van der Waals surface area (Å²) in [7, 11) is 0. The topological polar surface area (TPSA) is 80.6 Å². The second-order valence-corrected chi connectivity index (χ2v) is 6.86. The molecule has 0 saturated carbocycles. The maximum absolute atomic E-state index is 12.1. The van der Waals surface area contributed by atoms with E-state index in [4.69, 9.17) is 20.8 Å². The average Bonchev–Trinajstić information content (AvgIpc) is 3.21. The smallest absolute Gasteiger partial charge is 0.305 e. The number of amides is 2. The van der Waals surface area contributed by atoms with Gasteiger partial charge in [-0.2, -0.15) is 0 Å². The van der Waals surface area contributed by atoms with Gasteiger partial charge in [-0.3, -0.25) is 20.4 Å². The molecule has 0 bridgehead atoms. The van der Waals surface area contributed by atoms with Crippen LogP contribution in [0.5, 0.6) is 5.75 Å². The third-order valence-corrected chi connectivity index (χ3v) is 4.61. The maximum Gasteiger partial charge on any atom is 0.305 e. The fourth-order valence-corrected chi connectivity index (χ4v) is 2.75. The molecule has 2 aromatic carbocycles. The summed E-state index contributed by atoms with van der Waals surface area (Å²) in [6.07, 6.45) is 0.734. The van der Waals surface area contributed by atoms with Gasteiger partial charge in [0.15, 0.2) is 5.76 Å². The number of rotatable bonds is 7. The normalized spacial score (nSPS) is 10.4. The van der Waals surface area contributed by atoms with Crippen molar-refractivity contribution in [3.8, 4) is 5.75 Å². The fourth-order valence-electron chi connectivity index (χ4n) is 2.55. The molecule has 0 aliphatic carbocycles. The van der Waals surface area contributed by atoms with Gasteiger partial charge in [-0.1, -0.05) is 41.9 Å². The van der Waals surface area contributed by atoms with Crippen LogP contribution in [0.15, 0.2) is 65.1 Å². The second-order valence-electron chi connectivity index (χ2n) is 6.45. The van der Waals surface area contributed by atoms with Crippen LogP contribution < -0.4 is 15.6 Å². The highest BCUT2D eigenvalue weighted by molar-refractivity contribution is 6.31. The number of ether oxygens (including phenoxy) is 1. The Labute approximate surface area is 173 Å². The number of carbonyl (C=O) groups is 2. The lowest BCUT2D eigenvalue weighted by atomic mass is 10.1. The summed E-state index contributed by atoms with van der Waals surface area (Å²) in [6.45, 7) is 2.12. The van der Waals surface area contributed by atoms with Crippen LogP contribution in [-0.4, -0.2) is 11.8 Å². The van der Waals surface area contributed by atoms with Gasteiger partial charge in [0.05, 0.1) is 0 Å². The number of carbonyl (C=O) groups excluding carboxylic acids is 2. The molecule has 0 unspecified atom stereocenters. The Bertz CT molecular complexity index is 985. The van der Waals surface area contributed by atoms with Crippen molar-refractivity contribution in [2.75, 3.05) is 0 Å². The first-order valence-corrected chi connectivity index (χ1v) is 9.50. The van der Waals surface area contributed by atoms with Crippen LogP contribution in [0.2, 0.25) is 5.02 Å². The van der Waals surface area contributed by atoms with Crippen LogP contribution in [0.4, 0.5) is 0 Å². The molecule has 2 amide bonds. The molecule has 3 rings (SSSR count). The van der Waals surface area contributed by atoms with E-state index in [1.807, 2.05) is 55.5 Å². The highest BCUT2D eigenvalue weighted by atomic mass is 35.5. The van der Waals surface area contributed by atoms with Gasteiger partial charge in [-0.25, -0.2) is 0 Å². The molecule has 29 heavy (non-hydrogen) atoms. The molecule has 0 spiro atoms. The molecule has 0 radical (unpaired) electrons. The van der Waals surface area contributed by atoms with Gasteiger partial charge in [0.25, 0.3) is 0 Å². The number of nitrogens with one attached hydrogen (secondary N) is 2. The zero-order valence-corrected chi connectivity index (χ0v) is 16.7. The van der Waals surface area contributed by atoms with Gasteiger partial charge in [0.2, 0.25) is 5.91 Å². The summed E-state index contributed by atoms with van der Waals surface area (Å²) in [5, 5.41) is 0.668. The van der Waals surface area contributed by atoms with Crippen molar-refractivity contribution in [3.05, 3.63) is 88.3 Å². The first kappa shape index (κ1) is 20.5. The van der Waals surface area contributed by atoms with Crippen molar-refractivity contribution in [1.29, 1.82) is 0 Å². The van der Waals surface area contributed by atoms with Crippen molar-refractivity contribution in [1.82, 2.24) is 10.9 Å². The van der Waals surface area contributed by atoms with Gasteiger partial charge in [0, 0.05) is 11.4 Å². The van der Waals surface area contributed by atoms with Crippen LogP contribution in [0.3, 0.4) is 0 Å². The van der Waals surface area contributed by atoms with E-state index < -0.39 is 5.91 Å².